The van der Waals surface area contributed by atoms with Gasteiger partial charge in [-0.15, -0.1) is 0 Å². The molecule has 21 heavy (non-hydrogen) atoms. The van der Waals surface area contributed by atoms with Gasteiger partial charge in [0.1, 0.15) is 6.20 Å². The molecule has 0 N–H and O–H groups in total. The first-order valence-corrected chi connectivity index (χ1v) is 6.41. The summed E-state index contributed by atoms with van der Waals surface area (Å²) >= 11 is 3.14. The summed E-state index contributed by atoms with van der Waals surface area (Å²) in [5, 5.41) is 21.6. The second kappa shape index (κ2) is 5.87. The maximum absolute atomic E-state index is 10.9. The molecule has 0 aliphatic carbocycles. The van der Waals surface area contributed by atoms with Crippen LogP contribution in [0.4, 0.5) is 11.5 Å². The van der Waals surface area contributed by atoms with Crippen molar-refractivity contribution >= 4 is 27.4 Å². The molecule has 9 nitrogen and oxygen atoms in total. The van der Waals surface area contributed by atoms with Crippen molar-refractivity contribution < 1.29 is 14.6 Å². The summed E-state index contributed by atoms with van der Waals surface area (Å²) in [5.41, 5.74) is -0.201. The summed E-state index contributed by atoms with van der Waals surface area (Å²) in [4.78, 5) is 24.4. The number of benzene rings is 1. The third-order valence-corrected chi connectivity index (χ3v) is 3.21. The van der Waals surface area contributed by atoms with Crippen molar-refractivity contribution in [3.63, 3.8) is 0 Å². The molecule has 1 heterocycles. The zero-order valence-electron chi connectivity index (χ0n) is 10.7. The fourth-order valence-corrected chi connectivity index (χ4v) is 1.99. The molecule has 0 spiro atoms. The molecule has 2 rings (SSSR count). The van der Waals surface area contributed by atoms with Crippen LogP contribution in [0.5, 0.6) is 5.75 Å². The van der Waals surface area contributed by atoms with Gasteiger partial charge in [-0.1, -0.05) is 15.9 Å². The van der Waals surface area contributed by atoms with E-state index in [1.165, 1.54) is 23.7 Å². The molecule has 10 heteroatoms. The van der Waals surface area contributed by atoms with E-state index in [1.807, 2.05) is 0 Å². The van der Waals surface area contributed by atoms with Crippen molar-refractivity contribution in [2.45, 2.75) is 6.61 Å². The van der Waals surface area contributed by atoms with Crippen LogP contribution in [-0.4, -0.2) is 19.4 Å². The van der Waals surface area contributed by atoms with E-state index in [0.29, 0.717) is 10.3 Å². The minimum Gasteiger partial charge on any atom is -0.476 e. The van der Waals surface area contributed by atoms with E-state index in [0.717, 1.165) is 6.20 Å². The van der Waals surface area contributed by atoms with Crippen molar-refractivity contribution in [2.75, 3.05) is 0 Å². The van der Waals surface area contributed by atoms with Crippen molar-refractivity contribution in [1.82, 2.24) is 9.55 Å². The monoisotopic (exact) mass is 356 g/mol. The SMILES string of the molecule is Cn1c([N+](=O)[O-])cnc1COc1ccc(Br)cc1[N+](=O)[O-]. The highest BCUT2D eigenvalue weighted by atomic mass is 79.9. The Morgan fingerprint density at radius 1 is 1.33 bits per heavy atom. The summed E-state index contributed by atoms with van der Waals surface area (Å²) < 4.78 is 7.15. The van der Waals surface area contributed by atoms with E-state index in [9.17, 15) is 20.2 Å². The van der Waals surface area contributed by atoms with Gasteiger partial charge in [0.05, 0.1) is 12.0 Å². The summed E-state index contributed by atoms with van der Waals surface area (Å²) in [6.07, 6.45) is 1.11. The standard InChI is InChI=1S/C11H9BrN4O5/c1-14-10(13-5-11(14)16(19)20)6-21-9-3-2-7(12)4-8(9)15(17)18/h2-5H,6H2,1H3. The third-order valence-electron chi connectivity index (χ3n) is 2.72. The van der Waals surface area contributed by atoms with Gasteiger partial charge in [-0.2, -0.15) is 0 Å². The Bertz CT molecular complexity index is 715. The van der Waals surface area contributed by atoms with Gasteiger partial charge in [-0.3, -0.25) is 10.1 Å². The summed E-state index contributed by atoms with van der Waals surface area (Å²) in [7, 11) is 1.47. The maximum atomic E-state index is 10.9. The van der Waals surface area contributed by atoms with Gasteiger partial charge in [-0.05, 0) is 17.1 Å². The highest BCUT2D eigenvalue weighted by Crippen LogP contribution is 2.30. The molecule has 0 bridgehead atoms. The van der Waals surface area contributed by atoms with Crippen molar-refractivity contribution in [3.8, 4) is 5.75 Å². The molecule has 0 aliphatic heterocycles. The first kappa shape index (κ1) is 14.9. The number of rotatable bonds is 5. The molecule has 110 valence electrons. The van der Waals surface area contributed by atoms with Crippen LogP contribution in [0.1, 0.15) is 5.82 Å². The van der Waals surface area contributed by atoms with Gasteiger partial charge in [0.15, 0.2) is 12.4 Å². The van der Waals surface area contributed by atoms with Crippen LogP contribution in [-0.2, 0) is 13.7 Å². The Hall–Kier alpha value is -2.49. The topological polar surface area (TPSA) is 113 Å². The molecule has 0 radical (unpaired) electrons. The smallest absolute Gasteiger partial charge is 0.342 e. The second-order valence-electron chi connectivity index (χ2n) is 4.01. The average Bonchev–Trinajstić information content (AvgIpc) is 2.78. The lowest BCUT2D eigenvalue weighted by atomic mass is 10.3. The molecule has 0 saturated heterocycles. The quantitative estimate of drug-likeness (QED) is 0.600. The van der Waals surface area contributed by atoms with Crippen LogP contribution < -0.4 is 4.74 Å². The largest absolute Gasteiger partial charge is 0.476 e. The number of hydrogen-bond acceptors (Lipinski definition) is 6. The number of nitro groups is 2. The fourth-order valence-electron chi connectivity index (χ4n) is 1.64. The van der Waals surface area contributed by atoms with E-state index < -0.39 is 9.85 Å². The predicted molar refractivity (Wildman–Crippen MR) is 75.0 cm³/mol. The molecule has 0 aliphatic rings. The maximum Gasteiger partial charge on any atom is 0.342 e. The zero-order valence-corrected chi connectivity index (χ0v) is 12.3. The lowest BCUT2D eigenvalue weighted by Crippen LogP contribution is -2.06. The van der Waals surface area contributed by atoms with Gasteiger partial charge >= 0.3 is 11.5 Å². The molecular formula is C11H9BrN4O5. The number of aromatic nitrogens is 2. The number of nitrogens with zero attached hydrogens (tertiary/aromatic N) is 4. The molecule has 0 fully saturated rings. The normalized spacial score (nSPS) is 10.4. The highest BCUT2D eigenvalue weighted by molar-refractivity contribution is 9.10. The van der Waals surface area contributed by atoms with E-state index in [1.54, 1.807) is 6.07 Å². The number of nitro benzene ring substituents is 1. The number of halogens is 1. The Balaban J connectivity index is 2.21. The molecule has 0 atom stereocenters. The van der Waals surface area contributed by atoms with Gasteiger partial charge < -0.3 is 14.9 Å². The van der Waals surface area contributed by atoms with Gasteiger partial charge in [-0.25, -0.2) is 9.55 Å². The Labute approximate surface area is 126 Å². The average molecular weight is 357 g/mol. The van der Waals surface area contributed by atoms with E-state index in [4.69, 9.17) is 4.74 Å². The summed E-state index contributed by atoms with van der Waals surface area (Å²) in [5.74, 6) is 0.173. The second-order valence-corrected chi connectivity index (χ2v) is 4.92. The van der Waals surface area contributed by atoms with Crippen LogP contribution in [0.15, 0.2) is 28.9 Å². The Morgan fingerprint density at radius 3 is 2.62 bits per heavy atom. The molecular weight excluding hydrogens is 348 g/mol. The van der Waals surface area contributed by atoms with Gasteiger partial charge in [0.25, 0.3) is 0 Å². The Kier molecular flexibility index (Phi) is 4.17. The van der Waals surface area contributed by atoms with Crippen molar-refractivity contribution in [3.05, 3.63) is 54.9 Å². The van der Waals surface area contributed by atoms with Crippen LogP contribution in [0.25, 0.3) is 0 Å². The molecule has 1 aromatic heterocycles. The minimum atomic E-state index is -0.571. The van der Waals surface area contributed by atoms with Crippen molar-refractivity contribution in [2.24, 2.45) is 7.05 Å². The van der Waals surface area contributed by atoms with Crippen LogP contribution in [0.2, 0.25) is 0 Å². The minimum absolute atomic E-state index is 0.0638. The molecule has 0 saturated carbocycles. The van der Waals surface area contributed by atoms with Crippen LogP contribution >= 0.6 is 15.9 Å². The lowest BCUT2D eigenvalue weighted by Gasteiger charge is -2.05. The first-order chi connectivity index (χ1) is 9.90. The zero-order chi connectivity index (χ0) is 15.6. The summed E-state index contributed by atoms with van der Waals surface area (Å²) in [6.45, 7) is -0.118. The fraction of sp³-hybridized carbons (Fsp3) is 0.182. The third kappa shape index (κ3) is 3.16. The molecule has 1 aromatic carbocycles. The van der Waals surface area contributed by atoms with E-state index >= 15 is 0 Å². The lowest BCUT2D eigenvalue weighted by molar-refractivity contribution is -0.391. The first-order valence-electron chi connectivity index (χ1n) is 5.62. The highest BCUT2D eigenvalue weighted by Gasteiger charge is 2.20. The van der Waals surface area contributed by atoms with E-state index in [-0.39, 0.29) is 23.9 Å². The number of hydrogen-bond donors (Lipinski definition) is 0. The Morgan fingerprint density at radius 2 is 2.05 bits per heavy atom. The molecule has 2 aromatic rings. The van der Waals surface area contributed by atoms with Crippen LogP contribution in [0, 0.1) is 20.2 Å². The predicted octanol–water partition coefficient (Wildman–Crippen LogP) is 2.58. The summed E-state index contributed by atoms with van der Waals surface area (Å²) in [6, 6.07) is 4.36. The molecule has 0 amide bonds. The van der Waals surface area contributed by atoms with Gasteiger partial charge in [0.2, 0.25) is 5.82 Å². The number of ether oxygens (including phenoxy) is 1. The molecule has 0 unspecified atom stereocenters. The van der Waals surface area contributed by atoms with Gasteiger partial charge in [0, 0.05) is 10.5 Å². The van der Waals surface area contributed by atoms with Crippen LogP contribution in [0.3, 0.4) is 0 Å². The number of imidazole rings is 1. The van der Waals surface area contributed by atoms with E-state index in [2.05, 4.69) is 20.9 Å². The van der Waals surface area contributed by atoms with Crippen molar-refractivity contribution in [1.29, 1.82) is 0 Å².